The first-order chi connectivity index (χ1) is 18.5. The second-order valence-electron chi connectivity index (χ2n) is 11.3. The van der Waals surface area contributed by atoms with Gasteiger partial charge in [0.25, 0.3) is 0 Å². The zero-order valence-corrected chi connectivity index (χ0v) is 25.9. The minimum Gasteiger partial charge on any atom is -0.497 e. The van der Waals surface area contributed by atoms with Crippen LogP contribution in [0.5, 0.6) is 5.75 Å². The first-order valence-electron chi connectivity index (χ1n) is 14.4. The summed E-state index contributed by atoms with van der Waals surface area (Å²) in [7, 11) is 1.28. The van der Waals surface area contributed by atoms with Crippen LogP contribution < -0.4 is 4.74 Å². The van der Waals surface area contributed by atoms with E-state index >= 15 is 0 Å². The lowest BCUT2D eigenvalue weighted by Crippen LogP contribution is -2.54. The fourth-order valence-electron chi connectivity index (χ4n) is 5.98. The maximum absolute atomic E-state index is 13.2. The lowest BCUT2D eigenvalue weighted by atomic mass is 9.89. The molecule has 1 saturated carbocycles. The molecule has 3 rings (SSSR count). The maximum atomic E-state index is 13.2. The Morgan fingerprint density at radius 2 is 1.64 bits per heavy atom. The zero-order valence-electron chi connectivity index (χ0n) is 25.1. The lowest BCUT2D eigenvalue weighted by Gasteiger charge is -2.44. The number of carbonyl (C=O) groups excluding carboxylic acids is 1. The molecule has 1 saturated heterocycles. The number of piperazine rings is 1. The Balaban J connectivity index is 1.39. The monoisotopic (exact) mass is 566 g/mol. The summed E-state index contributed by atoms with van der Waals surface area (Å²) in [6, 6.07) is 4.97. The molecule has 10 heteroatoms. The summed E-state index contributed by atoms with van der Waals surface area (Å²) < 4.78 is 38.5. The Hall–Kier alpha value is -1.72. The summed E-state index contributed by atoms with van der Waals surface area (Å²) in [6.45, 7) is 13.0. The molecular formula is C29H50N4O5S. The third kappa shape index (κ3) is 7.94. The summed E-state index contributed by atoms with van der Waals surface area (Å²) in [5.41, 5.74) is 1.28. The SMILES string of the molecule is CCC(C)N1CCN(C2CCC(N(C)C(=O)COCCN(C)S(=O)(=O)c3c(C)cc(OC)cc3C)CC2)CC1. The van der Waals surface area contributed by atoms with Gasteiger partial charge in [-0.2, -0.15) is 4.31 Å². The molecule has 1 atom stereocenters. The number of rotatable bonds is 12. The molecule has 2 fully saturated rings. The van der Waals surface area contributed by atoms with Gasteiger partial charge in [-0.3, -0.25) is 14.6 Å². The van der Waals surface area contributed by atoms with Crippen LogP contribution in [0, 0.1) is 13.8 Å². The van der Waals surface area contributed by atoms with Gasteiger partial charge in [-0.15, -0.1) is 0 Å². The van der Waals surface area contributed by atoms with E-state index in [1.165, 1.54) is 10.7 Å². The molecule has 1 aromatic carbocycles. The molecule has 1 aromatic rings. The van der Waals surface area contributed by atoms with Crippen molar-refractivity contribution in [1.29, 1.82) is 0 Å². The minimum atomic E-state index is -3.69. The number of sulfonamides is 1. The Kier molecular flexibility index (Phi) is 11.6. The number of likely N-dealkylation sites (N-methyl/N-ethyl adjacent to an activating group) is 2. The largest absolute Gasteiger partial charge is 0.497 e. The van der Waals surface area contributed by atoms with Crippen molar-refractivity contribution in [2.45, 2.75) is 82.8 Å². The molecule has 0 bridgehead atoms. The molecule has 2 aliphatic rings. The fourth-order valence-corrected chi connectivity index (χ4v) is 7.54. The molecule has 1 amide bonds. The average molecular weight is 567 g/mol. The normalized spacial score (nSPS) is 22.2. The Morgan fingerprint density at radius 3 is 2.18 bits per heavy atom. The fraction of sp³-hybridized carbons (Fsp3) is 0.759. The number of amides is 1. The molecule has 9 nitrogen and oxygen atoms in total. The predicted octanol–water partition coefficient (Wildman–Crippen LogP) is 3.13. The van der Waals surface area contributed by atoms with Crippen molar-refractivity contribution in [1.82, 2.24) is 19.0 Å². The topological polar surface area (TPSA) is 82.6 Å². The van der Waals surface area contributed by atoms with Crippen molar-refractivity contribution in [3.63, 3.8) is 0 Å². The van der Waals surface area contributed by atoms with Gasteiger partial charge in [-0.1, -0.05) is 6.92 Å². The molecule has 0 radical (unpaired) electrons. The Labute approximate surface area is 236 Å². The number of nitrogens with zero attached hydrogens (tertiary/aromatic N) is 4. The van der Waals surface area contributed by atoms with E-state index < -0.39 is 10.0 Å². The van der Waals surface area contributed by atoms with Crippen LogP contribution >= 0.6 is 0 Å². The first-order valence-corrected chi connectivity index (χ1v) is 15.9. The molecule has 1 unspecified atom stereocenters. The molecular weight excluding hydrogens is 516 g/mol. The molecule has 1 heterocycles. The van der Waals surface area contributed by atoms with Crippen LogP contribution in [0.1, 0.15) is 57.1 Å². The predicted molar refractivity (Wildman–Crippen MR) is 155 cm³/mol. The summed E-state index contributed by atoms with van der Waals surface area (Å²) in [6.07, 6.45) is 5.48. The number of ether oxygens (including phenoxy) is 2. The summed E-state index contributed by atoms with van der Waals surface area (Å²) in [4.78, 5) is 20.2. The zero-order chi connectivity index (χ0) is 28.7. The summed E-state index contributed by atoms with van der Waals surface area (Å²) >= 11 is 0. The molecule has 39 heavy (non-hydrogen) atoms. The quantitative estimate of drug-likeness (QED) is 0.360. The van der Waals surface area contributed by atoms with E-state index in [9.17, 15) is 13.2 Å². The molecule has 1 aliphatic heterocycles. The minimum absolute atomic E-state index is 0.0392. The highest BCUT2D eigenvalue weighted by Crippen LogP contribution is 2.29. The van der Waals surface area contributed by atoms with Gasteiger partial charge >= 0.3 is 0 Å². The van der Waals surface area contributed by atoms with Gasteiger partial charge in [0.1, 0.15) is 12.4 Å². The van der Waals surface area contributed by atoms with Crippen molar-refractivity contribution in [3.05, 3.63) is 23.3 Å². The van der Waals surface area contributed by atoms with Crippen molar-refractivity contribution in [2.75, 3.05) is 67.1 Å². The number of hydrogen-bond acceptors (Lipinski definition) is 7. The second-order valence-corrected chi connectivity index (χ2v) is 13.2. The first kappa shape index (κ1) is 31.8. The van der Waals surface area contributed by atoms with Crippen LogP contribution in [-0.2, 0) is 19.6 Å². The highest BCUT2D eigenvalue weighted by molar-refractivity contribution is 7.89. The number of hydrogen-bond donors (Lipinski definition) is 0. The van der Waals surface area contributed by atoms with Crippen LogP contribution in [-0.4, -0.2) is 119 Å². The van der Waals surface area contributed by atoms with E-state index in [1.54, 1.807) is 40.1 Å². The summed E-state index contributed by atoms with van der Waals surface area (Å²) in [5, 5.41) is 0. The number of aryl methyl sites for hydroxylation is 2. The molecule has 1 aliphatic carbocycles. The van der Waals surface area contributed by atoms with Crippen molar-refractivity contribution in [3.8, 4) is 5.75 Å². The van der Waals surface area contributed by atoms with Gasteiger partial charge in [0, 0.05) is 64.9 Å². The highest BCUT2D eigenvalue weighted by Gasteiger charge is 2.32. The lowest BCUT2D eigenvalue weighted by molar-refractivity contribution is -0.137. The Bertz CT molecular complexity index is 1030. The van der Waals surface area contributed by atoms with Gasteiger partial charge in [-0.05, 0) is 76.1 Å². The summed E-state index contributed by atoms with van der Waals surface area (Å²) in [5.74, 6) is 0.582. The van der Waals surface area contributed by atoms with Gasteiger partial charge in [0.2, 0.25) is 15.9 Å². The molecule has 0 N–H and O–H groups in total. The third-order valence-electron chi connectivity index (χ3n) is 8.80. The number of benzene rings is 1. The molecule has 0 spiro atoms. The van der Waals surface area contributed by atoms with Crippen LogP contribution in [0.3, 0.4) is 0 Å². The molecule has 0 aromatic heterocycles. The van der Waals surface area contributed by atoms with Crippen LogP contribution in [0.25, 0.3) is 0 Å². The van der Waals surface area contributed by atoms with Crippen LogP contribution in [0.15, 0.2) is 17.0 Å². The van der Waals surface area contributed by atoms with E-state index in [0.29, 0.717) is 29.0 Å². The smallest absolute Gasteiger partial charge is 0.248 e. The van der Waals surface area contributed by atoms with Gasteiger partial charge in [0.05, 0.1) is 18.6 Å². The van der Waals surface area contributed by atoms with Crippen LogP contribution in [0.2, 0.25) is 0 Å². The number of methoxy groups -OCH3 is 1. The van der Waals surface area contributed by atoms with Gasteiger partial charge < -0.3 is 14.4 Å². The van der Waals surface area contributed by atoms with E-state index in [4.69, 9.17) is 9.47 Å². The Morgan fingerprint density at radius 1 is 1.05 bits per heavy atom. The van der Waals surface area contributed by atoms with Crippen molar-refractivity contribution >= 4 is 15.9 Å². The highest BCUT2D eigenvalue weighted by atomic mass is 32.2. The van der Waals surface area contributed by atoms with E-state index in [0.717, 1.165) is 51.9 Å². The van der Waals surface area contributed by atoms with Crippen molar-refractivity contribution < 1.29 is 22.7 Å². The van der Waals surface area contributed by atoms with Gasteiger partial charge in [-0.25, -0.2) is 8.42 Å². The van der Waals surface area contributed by atoms with E-state index in [1.807, 2.05) is 11.9 Å². The molecule has 222 valence electrons. The number of carbonyl (C=O) groups is 1. The van der Waals surface area contributed by atoms with Gasteiger partial charge in [0.15, 0.2) is 0 Å². The van der Waals surface area contributed by atoms with Crippen LogP contribution in [0.4, 0.5) is 0 Å². The van der Waals surface area contributed by atoms with E-state index in [2.05, 4.69) is 23.6 Å². The van der Waals surface area contributed by atoms with Crippen molar-refractivity contribution in [2.24, 2.45) is 0 Å². The third-order valence-corrected chi connectivity index (χ3v) is 11.0. The average Bonchev–Trinajstić information content (AvgIpc) is 2.93. The maximum Gasteiger partial charge on any atom is 0.248 e. The second kappa shape index (κ2) is 14.3. The standard InChI is InChI=1S/C29H50N4O5S/c1-8-24(4)32-13-15-33(16-14-32)26-11-9-25(10-12-26)31(6)28(34)21-38-18-17-30(5)39(35,36)29-22(2)19-27(37-7)20-23(29)3/h19-20,24-26H,8-18,21H2,1-7H3. The van der Waals surface area contributed by atoms with E-state index in [-0.39, 0.29) is 36.6 Å².